The molecule has 0 amide bonds. The summed E-state index contributed by atoms with van der Waals surface area (Å²) < 4.78 is 27.3. The van der Waals surface area contributed by atoms with Crippen molar-refractivity contribution in [2.75, 3.05) is 0 Å². The molecular formula is C11H9F2N3OS. The van der Waals surface area contributed by atoms with E-state index >= 15 is 0 Å². The highest BCUT2D eigenvalue weighted by Crippen LogP contribution is 2.29. The van der Waals surface area contributed by atoms with Crippen LogP contribution >= 0.6 is 11.8 Å². The quantitative estimate of drug-likeness (QED) is 0.831. The van der Waals surface area contributed by atoms with Gasteiger partial charge >= 0.3 is 0 Å². The fourth-order valence-corrected chi connectivity index (χ4v) is 2.10. The Hall–Kier alpha value is -1.73. The largest absolute Gasteiger partial charge is 0.326 e. The van der Waals surface area contributed by atoms with Crippen molar-refractivity contribution in [2.45, 2.75) is 16.6 Å². The van der Waals surface area contributed by atoms with Gasteiger partial charge in [-0.15, -0.1) is 0 Å². The van der Waals surface area contributed by atoms with Crippen LogP contribution in [-0.2, 0) is 6.54 Å². The number of aromatic nitrogens is 2. The number of nitrogens with two attached hydrogens (primary N) is 1. The molecule has 1 aromatic carbocycles. The summed E-state index contributed by atoms with van der Waals surface area (Å²) in [6, 6.07) is 3.53. The first-order valence-electron chi connectivity index (χ1n) is 5.01. The van der Waals surface area contributed by atoms with Crippen LogP contribution in [-0.4, -0.2) is 9.97 Å². The first-order valence-corrected chi connectivity index (χ1v) is 5.83. The van der Waals surface area contributed by atoms with Crippen molar-refractivity contribution >= 4 is 11.8 Å². The number of rotatable bonds is 3. The summed E-state index contributed by atoms with van der Waals surface area (Å²) in [5, 5.41) is 0.126. The molecule has 18 heavy (non-hydrogen) atoms. The zero-order chi connectivity index (χ0) is 13.1. The molecule has 0 radical (unpaired) electrons. The number of hydrogen-bond acceptors (Lipinski definition) is 4. The maximum Gasteiger partial charge on any atom is 0.251 e. The number of nitrogens with zero attached hydrogens (tertiary/aromatic N) is 1. The highest BCUT2D eigenvalue weighted by atomic mass is 32.2. The van der Waals surface area contributed by atoms with E-state index in [2.05, 4.69) is 9.97 Å². The molecule has 0 spiro atoms. The first kappa shape index (κ1) is 12.7. The second-order valence-corrected chi connectivity index (χ2v) is 4.43. The van der Waals surface area contributed by atoms with Crippen LogP contribution in [0.25, 0.3) is 0 Å². The van der Waals surface area contributed by atoms with E-state index in [0.717, 1.165) is 12.1 Å². The molecule has 2 aromatic rings. The maximum absolute atomic E-state index is 13.6. The molecule has 0 saturated carbocycles. The summed E-state index contributed by atoms with van der Waals surface area (Å²) in [7, 11) is 0. The maximum atomic E-state index is 13.6. The molecule has 4 nitrogen and oxygen atoms in total. The molecule has 0 bridgehead atoms. The molecule has 3 N–H and O–H groups in total. The van der Waals surface area contributed by atoms with Gasteiger partial charge in [0, 0.05) is 18.8 Å². The van der Waals surface area contributed by atoms with Crippen LogP contribution in [0, 0.1) is 11.6 Å². The molecule has 0 fully saturated rings. The van der Waals surface area contributed by atoms with Crippen LogP contribution in [0.2, 0.25) is 0 Å². The van der Waals surface area contributed by atoms with E-state index in [9.17, 15) is 13.6 Å². The monoisotopic (exact) mass is 269 g/mol. The van der Waals surface area contributed by atoms with Crippen LogP contribution in [0.4, 0.5) is 8.78 Å². The van der Waals surface area contributed by atoms with E-state index in [0.29, 0.717) is 17.3 Å². The standard InChI is InChI=1S/C11H9F2N3OS/c12-7-3-6(5-14)4-8(13)10(7)18-11-15-2-1-9(17)16-11/h1-4H,5,14H2,(H,15,16,17). The zero-order valence-electron chi connectivity index (χ0n) is 9.11. The van der Waals surface area contributed by atoms with Crippen LogP contribution in [0.15, 0.2) is 39.2 Å². The highest BCUT2D eigenvalue weighted by Gasteiger charge is 2.13. The smallest absolute Gasteiger partial charge is 0.251 e. The lowest BCUT2D eigenvalue weighted by atomic mass is 10.2. The molecule has 0 saturated heterocycles. The lowest BCUT2D eigenvalue weighted by Crippen LogP contribution is -2.06. The molecular weight excluding hydrogens is 260 g/mol. The van der Waals surface area contributed by atoms with Crippen molar-refractivity contribution in [3.63, 3.8) is 0 Å². The topological polar surface area (TPSA) is 71.8 Å². The van der Waals surface area contributed by atoms with E-state index < -0.39 is 11.6 Å². The van der Waals surface area contributed by atoms with Gasteiger partial charge in [0.2, 0.25) is 0 Å². The number of aromatic amines is 1. The molecule has 1 heterocycles. The molecule has 0 unspecified atom stereocenters. The summed E-state index contributed by atoms with van der Waals surface area (Å²) in [5.74, 6) is -1.46. The minimum absolute atomic E-state index is 0.0548. The van der Waals surface area contributed by atoms with E-state index in [1.807, 2.05) is 0 Å². The highest BCUT2D eigenvalue weighted by molar-refractivity contribution is 7.99. The van der Waals surface area contributed by atoms with Crippen molar-refractivity contribution in [3.05, 3.63) is 51.9 Å². The first-order chi connectivity index (χ1) is 8.60. The molecule has 7 heteroatoms. The van der Waals surface area contributed by atoms with Crippen LogP contribution < -0.4 is 11.3 Å². The van der Waals surface area contributed by atoms with Crippen molar-refractivity contribution in [1.29, 1.82) is 0 Å². The lowest BCUT2D eigenvalue weighted by molar-refractivity contribution is 0.537. The molecule has 2 rings (SSSR count). The Morgan fingerprint density at radius 1 is 1.33 bits per heavy atom. The van der Waals surface area contributed by atoms with Gasteiger partial charge in [-0.25, -0.2) is 13.8 Å². The summed E-state index contributed by atoms with van der Waals surface area (Å²) in [4.78, 5) is 17.0. The van der Waals surface area contributed by atoms with Crippen molar-refractivity contribution < 1.29 is 8.78 Å². The van der Waals surface area contributed by atoms with Crippen LogP contribution in [0.5, 0.6) is 0 Å². The Balaban J connectivity index is 2.37. The normalized spacial score (nSPS) is 10.6. The Labute approximate surface area is 105 Å². The van der Waals surface area contributed by atoms with Gasteiger partial charge in [0.1, 0.15) is 11.6 Å². The second-order valence-electron chi connectivity index (χ2n) is 3.43. The average molecular weight is 269 g/mol. The zero-order valence-corrected chi connectivity index (χ0v) is 9.93. The molecule has 94 valence electrons. The Kier molecular flexibility index (Phi) is 3.73. The van der Waals surface area contributed by atoms with Gasteiger partial charge in [0.25, 0.3) is 5.56 Å². The van der Waals surface area contributed by atoms with Gasteiger partial charge in [-0.1, -0.05) is 0 Å². The lowest BCUT2D eigenvalue weighted by Gasteiger charge is -2.05. The number of H-pyrrole nitrogens is 1. The fourth-order valence-electron chi connectivity index (χ4n) is 1.33. The summed E-state index contributed by atoms with van der Waals surface area (Å²) in [6.07, 6.45) is 1.27. The van der Waals surface area contributed by atoms with Crippen LogP contribution in [0.1, 0.15) is 5.56 Å². The van der Waals surface area contributed by atoms with Gasteiger partial charge in [0.15, 0.2) is 5.16 Å². The van der Waals surface area contributed by atoms with Gasteiger partial charge in [-0.05, 0) is 29.5 Å². The average Bonchev–Trinajstić information content (AvgIpc) is 2.33. The predicted molar refractivity (Wildman–Crippen MR) is 63.2 cm³/mol. The molecule has 0 atom stereocenters. The summed E-state index contributed by atoms with van der Waals surface area (Å²) in [6.45, 7) is 0.0548. The van der Waals surface area contributed by atoms with Gasteiger partial charge in [0.05, 0.1) is 4.90 Å². The number of benzene rings is 1. The van der Waals surface area contributed by atoms with Crippen LogP contribution in [0.3, 0.4) is 0 Å². The van der Waals surface area contributed by atoms with Crippen molar-refractivity contribution in [3.8, 4) is 0 Å². The second kappa shape index (κ2) is 5.28. The van der Waals surface area contributed by atoms with E-state index in [4.69, 9.17) is 5.73 Å². The van der Waals surface area contributed by atoms with E-state index in [1.54, 1.807) is 0 Å². The van der Waals surface area contributed by atoms with Crippen molar-refractivity contribution in [2.24, 2.45) is 5.73 Å². The van der Waals surface area contributed by atoms with Crippen molar-refractivity contribution in [1.82, 2.24) is 9.97 Å². The Morgan fingerprint density at radius 2 is 2.00 bits per heavy atom. The molecule has 1 aromatic heterocycles. The molecule has 0 aliphatic heterocycles. The SMILES string of the molecule is NCc1cc(F)c(Sc2nccc(=O)[nH]2)c(F)c1. The van der Waals surface area contributed by atoms with E-state index in [-0.39, 0.29) is 22.2 Å². The third-order valence-electron chi connectivity index (χ3n) is 2.14. The van der Waals surface area contributed by atoms with Gasteiger partial charge < -0.3 is 10.7 Å². The number of halogens is 2. The fraction of sp³-hybridized carbons (Fsp3) is 0.0909. The Bertz CT molecular complexity index is 607. The Morgan fingerprint density at radius 3 is 2.56 bits per heavy atom. The third-order valence-corrected chi connectivity index (χ3v) is 3.14. The van der Waals surface area contributed by atoms with E-state index in [1.165, 1.54) is 12.3 Å². The minimum Gasteiger partial charge on any atom is -0.326 e. The van der Waals surface area contributed by atoms with Gasteiger partial charge in [-0.2, -0.15) is 0 Å². The number of hydrogen-bond donors (Lipinski definition) is 2. The third kappa shape index (κ3) is 2.74. The van der Waals surface area contributed by atoms with Gasteiger partial charge in [-0.3, -0.25) is 4.79 Å². The number of nitrogens with one attached hydrogen (secondary N) is 1. The minimum atomic E-state index is -0.730. The summed E-state index contributed by atoms with van der Waals surface area (Å²) in [5.41, 5.74) is 5.29. The molecule has 0 aliphatic rings. The summed E-state index contributed by atoms with van der Waals surface area (Å²) >= 11 is 0.717. The predicted octanol–water partition coefficient (Wildman–Crippen LogP) is 1.66. The molecule has 0 aliphatic carbocycles.